The van der Waals surface area contributed by atoms with Gasteiger partial charge in [0.15, 0.2) is 0 Å². The van der Waals surface area contributed by atoms with Crippen LogP contribution in [0, 0.1) is 0 Å². The summed E-state index contributed by atoms with van der Waals surface area (Å²) >= 11 is 0. The van der Waals surface area contributed by atoms with E-state index < -0.39 is 0 Å². The average Bonchev–Trinajstić information content (AvgIpc) is 3.28. The number of nitrogen functional groups attached to an aromatic ring is 1. The number of nitrogens with two attached hydrogens (primary N) is 1. The molecule has 0 amide bonds. The Kier molecular flexibility index (Phi) is 3.10. The van der Waals surface area contributed by atoms with Crippen LogP contribution in [0.4, 0.5) is 5.69 Å². The first kappa shape index (κ1) is 13.4. The number of epoxide rings is 3. The van der Waals surface area contributed by atoms with E-state index in [0.717, 1.165) is 44.6 Å². The Bertz CT molecular complexity index is 499. The van der Waals surface area contributed by atoms with Gasteiger partial charge in [0.2, 0.25) is 0 Å². The molecule has 3 saturated heterocycles. The molecule has 3 N–H and O–H groups in total. The van der Waals surface area contributed by atoms with Gasteiger partial charge in [0.1, 0.15) is 5.75 Å². The molecule has 0 spiro atoms. The molecule has 5 nitrogen and oxygen atoms in total. The second-order valence-electron chi connectivity index (χ2n) is 6.50. The van der Waals surface area contributed by atoms with E-state index in [9.17, 15) is 5.11 Å². The minimum absolute atomic E-state index is 0.133. The highest BCUT2D eigenvalue weighted by atomic mass is 16.6. The van der Waals surface area contributed by atoms with Crippen molar-refractivity contribution in [2.75, 3.05) is 25.6 Å². The molecule has 3 aliphatic rings. The number of phenolic OH excluding ortho intramolecular Hbond substituents is 1. The molecule has 0 aromatic heterocycles. The summed E-state index contributed by atoms with van der Waals surface area (Å²) in [6.07, 6.45) is 3.64. The van der Waals surface area contributed by atoms with Crippen molar-refractivity contribution >= 4 is 5.69 Å². The smallest absolute Gasteiger partial charge is 0.138 e. The topological polar surface area (TPSA) is 83.8 Å². The summed E-state index contributed by atoms with van der Waals surface area (Å²) in [5.41, 5.74) is 7.56. The largest absolute Gasteiger partial charge is 0.506 e. The maximum Gasteiger partial charge on any atom is 0.138 e. The van der Waals surface area contributed by atoms with Crippen LogP contribution in [0.2, 0.25) is 0 Å². The number of phenols is 1. The third-order valence-electron chi connectivity index (χ3n) is 4.72. The van der Waals surface area contributed by atoms with Crippen molar-refractivity contribution < 1.29 is 19.3 Å². The van der Waals surface area contributed by atoms with Crippen molar-refractivity contribution in [3.63, 3.8) is 0 Å². The van der Waals surface area contributed by atoms with Crippen molar-refractivity contribution in [2.24, 2.45) is 0 Å². The van der Waals surface area contributed by atoms with Gasteiger partial charge in [0, 0.05) is 5.41 Å². The Hall–Kier alpha value is -1.30. The molecule has 3 atom stereocenters. The fraction of sp³-hybridized carbons (Fsp3) is 0.625. The van der Waals surface area contributed by atoms with E-state index in [1.807, 2.05) is 12.1 Å². The second kappa shape index (κ2) is 4.87. The Morgan fingerprint density at radius 1 is 1.00 bits per heavy atom. The predicted octanol–water partition coefficient (Wildman–Crippen LogP) is 1.58. The first-order chi connectivity index (χ1) is 10.2. The molecule has 0 bridgehead atoms. The van der Waals surface area contributed by atoms with Gasteiger partial charge in [0.25, 0.3) is 0 Å². The molecule has 0 aliphatic carbocycles. The summed E-state index contributed by atoms with van der Waals surface area (Å²) in [5.74, 6) is 0.155. The van der Waals surface area contributed by atoms with Crippen LogP contribution < -0.4 is 5.73 Å². The number of benzene rings is 1. The van der Waals surface area contributed by atoms with Gasteiger partial charge in [-0.2, -0.15) is 0 Å². The Morgan fingerprint density at radius 2 is 1.48 bits per heavy atom. The molecular weight excluding hydrogens is 270 g/mol. The molecule has 3 unspecified atom stereocenters. The molecule has 4 rings (SSSR count). The van der Waals surface area contributed by atoms with Gasteiger partial charge < -0.3 is 25.1 Å². The van der Waals surface area contributed by atoms with Gasteiger partial charge in [-0.25, -0.2) is 0 Å². The zero-order valence-corrected chi connectivity index (χ0v) is 12.0. The highest BCUT2D eigenvalue weighted by Gasteiger charge is 2.47. The van der Waals surface area contributed by atoms with Gasteiger partial charge in [0.05, 0.1) is 43.8 Å². The lowest BCUT2D eigenvalue weighted by Gasteiger charge is -2.34. The molecule has 114 valence electrons. The average molecular weight is 291 g/mol. The number of hydrogen-bond acceptors (Lipinski definition) is 5. The van der Waals surface area contributed by atoms with Gasteiger partial charge in [-0.3, -0.25) is 0 Å². The van der Waals surface area contributed by atoms with Crippen LogP contribution in [-0.4, -0.2) is 43.2 Å². The van der Waals surface area contributed by atoms with E-state index in [-0.39, 0.29) is 11.2 Å². The van der Waals surface area contributed by atoms with Crippen molar-refractivity contribution in [3.05, 3.63) is 23.8 Å². The van der Waals surface area contributed by atoms with Crippen molar-refractivity contribution in [1.29, 1.82) is 0 Å². The van der Waals surface area contributed by atoms with Crippen LogP contribution in [0.15, 0.2) is 18.2 Å². The molecule has 3 aliphatic heterocycles. The van der Waals surface area contributed by atoms with Gasteiger partial charge in [-0.05, 0) is 30.9 Å². The lowest BCUT2D eigenvalue weighted by Crippen LogP contribution is -2.33. The van der Waals surface area contributed by atoms with E-state index in [4.69, 9.17) is 19.9 Å². The lowest BCUT2D eigenvalue weighted by molar-refractivity contribution is 0.233. The molecule has 21 heavy (non-hydrogen) atoms. The standard InChI is InChI=1S/C16H21NO4/c17-15-13(2-1-3-14(15)18)16(4-10-7-19-10,5-11-8-20-11)6-12-9-21-12/h1-3,10-12,18H,4-9,17H2. The van der Waals surface area contributed by atoms with E-state index in [1.165, 1.54) is 0 Å². The Morgan fingerprint density at radius 3 is 1.90 bits per heavy atom. The molecule has 1 aromatic rings. The fourth-order valence-electron chi connectivity index (χ4n) is 3.46. The van der Waals surface area contributed by atoms with Crippen molar-refractivity contribution in [2.45, 2.75) is 43.0 Å². The Labute approximate surface area is 124 Å². The van der Waals surface area contributed by atoms with Crippen LogP contribution in [0.25, 0.3) is 0 Å². The van der Waals surface area contributed by atoms with Crippen molar-refractivity contribution in [3.8, 4) is 5.75 Å². The third kappa shape index (κ3) is 2.86. The molecule has 0 saturated carbocycles. The second-order valence-corrected chi connectivity index (χ2v) is 6.50. The van der Waals surface area contributed by atoms with Crippen LogP contribution >= 0.6 is 0 Å². The monoisotopic (exact) mass is 291 g/mol. The van der Waals surface area contributed by atoms with E-state index in [1.54, 1.807) is 6.07 Å². The lowest BCUT2D eigenvalue weighted by atomic mass is 9.69. The summed E-state index contributed by atoms with van der Waals surface area (Å²) in [4.78, 5) is 0. The summed E-state index contributed by atoms with van der Waals surface area (Å²) in [7, 11) is 0. The Balaban J connectivity index is 1.72. The maximum atomic E-state index is 9.99. The number of aromatic hydroxyl groups is 1. The molecule has 0 radical (unpaired) electrons. The number of rotatable bonds is 7. The molecular formula is C16H21NO4. The first-order valence-electron chi connectivity index (χ1n) is 7.59. The quantitative estimate of drug-likeness (QED) is 0.453. The van der Waals surface area contributed by atoms with E-state index in [0.29, 0.717) is 24.0 Å². The first-order valence-corrected chi connectivity index (χ1v) is 7.59. The number of hydrogen-bond donors (Lipinski definition) is 2. The van der Waals surface area contributed by atoms with Crippen LogP contribution in [-0.2, 0) is 19.6 Å². The van der Waals surface area contributed by atoms with Crippen LogP contribution in [0.5, 0.6) is 5.75 Å². The third-order valence-corrected chi connectivity index (χ3v) is 4.72. The van der Waals surface area contributed by atoms with E-state index in [2.05, 4.69) is 0 Å². The minimum atomic E-state index is -0.133. The molecule has 5 heteroatoms. The maximum absolute atomic E-state index is 9.99. The fourth-order valence-corrected chi connectivity index (χ4v) is 3.46. The molecule has 3 fully saturated rings. The SMILES string of the molecule is Nc1c(O)cccc1C(CC1CO1)(CC1CO1)CC1CO1. The molecule has 1 aromatic carbocycles. The predicted molar refractivity (Wildman–Crippen MR) is 77.3 cm³/mol. The zero-order chi connectivity index (χ0) is 14.4. The normalized spacial score (nSPS) is 32.5. The van der Waals surface area contributed by atoms with Gasteiger partial charge in [-0.15, -0.1) is 0 Å². The number of ether oxygens (including phenoxy) is 3. The van der Waals surface area contributed by atoms with Crippen LogP contribution in [0.3, 0.4) is 0 Å². The van der Waals surface area contributed by atoms with Gasteiger partial charge >= 0.3 is 0 Å². The number of anilines is 1. The highest BCUT2D eigenvalue weighted by Crippen LogP contribution is 2.48. The van der Waals surface area contributed by atoms with Crippen molar-refractivity contribution in [1.82, 2.24) is 0 Å². The zero-order valence-electron chi connectivity index (χ0n) is 12.0. The summed E-state index contributed by atoms with van der Waals surface area (Å²) in [6, 6.07) is 5.53. The minimum Gasteiger partial charge on any atom is -0.506 e. The summed E-state index contributed by atoms with van der Waals surface area (Å²) < 4.78 is 16.4. The highest BCUT2D eigenvalue weighted by molar-refractivity contribution is 5.60. The summed E-state index contributed by atoms with van der Waals surface area (Å²) in [6.45, 7) is 2.45. The summed E-state index contributed by atoms with van der Waals surface area (Å²) in [5, 5.41) is 9.99. The van der Waals surface area contributed by atoms with Crippen LogP contribution in [0.1, 0.15) is 24.8 Å². The number of para-hydroxylation sites is 1. The van der Waals surface area contributed by atoms with E-state index >= 15 is 0 Å². The molecule has 3 heterocycles. The van der Waals surface area contributed by atoms with Gasteiger partial charge in [-0.1, -0.05) is 12.1 Å².